The van der Waals surface area contributed by atoms with Crippen LogP contribution in [0.25, 0.3) is 0 Å². The lowest BCUT2D eigenvalue weighted by Crippen LogP contribution is -1.88. The molecular weight excluding hydrogens is 284 g/mol. The highest BCUT2D eigenvalue weighted by Gasteiger charge is 2.16. The molecule has 8 nitrogen and oxygen atoms in total. The summed E-state index contributed by atoms with van der Waals surface area (Å²) in [5, 5.41) is 45.3. The SMILES string of the molecule is Cc1c(C)c(N=Nc2nc(C#N)c(C#N)[nH]2)c(O)c(C)c1O. The summed E-state index contributed by atoms with van der Waals surface area (Å²) in [4.78, 5) is 6.35. The highest BCUT2D eigenvalue weighted by Crippen LogP contribution is 2.42. The molecule has 1 aromatic carbocycles. The van der Waals surface area contributed by atoms with E-state index in [1.165, 1.54) is 0 Å². The zero-order valence-corrected chi connectivity index (χ0v) is 12.1. The van der Waals surface area contributed by atoms with Gasteiger partial charge in [0.05, 0.1) is 0 Å². The third kappa shape index (κ3) is 2.34. The van der Waals surface area contributed by atoms with Crippen molar-refractivity contribution < 1.29 is 10.2 Å². The Morgan fingerprint density at radius 1 is 0.955 bits per heavy atom. The zero-order chi connectivity index (χ0) is 16.4. The maximum absolute atomic E-state index is 10.1. The van der Waals surface area contributed by atoms with E-state index in [0.717, 1.165) is 0 Å². The van der Waals surface area contributed by atoms with Gasteiger partial charge in [0, 0.05) is 5.56 Å². The van der Waals surface area contributed by atoms with Crippen molar-refractivity contribution in [3.8, 4) is 23.6 Å². The number of nitriles is 2. The minimum Gasteiger partial charge on any atom is -0.507 e. The Balaban J connectivity index is 2.50. The Labute approximate surface area is 126 Å². The number of phenolic OH excluding ortho intramolecular Hbond substituents is 2. The van der Waals surface area contributed by atoms with E-state index in [1.54, 1.807) is 32.9 Å². The Morgan fingerprint density at radius 3 is 2.18 bits per heavy atom. The number of hydrogen-bond donors (Lipinski definition) is 3. The number of hydrogen-bond acceptors (Lipinski definition) is 7. The summed E-state index contributed by atoms with van der Waals surface area (Å²) in [6.07, 6.45) is 0. The number of phenols is 2. The normalized spacial score (nSPS) is 10.6. The first-order valence-electron chi connectivity index (χ1n) is 6.24. The standard InChI is InChI=1S/C14H12N6O2/c1-6-7(2)12(21)8(3)13(22)11(6)19-20-14-17-9(4-15)10(5-16)18-14/h21-22H,1-3H3,(H,17,18). The van der Waals surface area contributed by atoms with Crippen LogP contribution < -0.4 is 0 Å². The average Bonchev–Trinajstić information content (AvgIpc) is 2.93. The average molecular weight is 296 g/mol. The first-order chi connectivity index (χ1) is 10.4. The van der Waals surface area contributed by atoms with Crippen molar-refractivity contribution in [1.29, 1.82) is 10.5 Å². The van der Waals surface area contributed by atoms with Crippen LogP contribution in [0.2, 0.25) is 0 Å². The molecule has 0 spiro atoms. The van der Waals surface area contributed by atoms with Crippen molar-refractivity contribution in [2.45, 2.75) is 20.8 Å². The van der Waals surface area contributed by atoms with Crippen LogP contribution in [0.4, 0.5) is 11.6 Å². The summed E-state index contributed by atoms with van der Waals surface area (Å²) < 4.78 is 0. The van der Waals surface area contributed by atoms with E-state index in [4.69, 9.17) is 10.5 Å². The topological polar surface area (TPSA) is 141 Å². The Hall–Kier alpha value is -3.39. The maximum Gasteiger partial charge on any atom is 0.249 e. The third-order valence-electron chi connectivity index (χ3n) is 3.36. The number of imidazole rings is 1. The van der Waals surface area contributed by atoms with Crippen LogP contribution >= 0.6 is 0 Å². The molecule has 0 atom stereocenters. The molecule has 0 aliphatic rings. The lowest BCUT2D eigenvalue weighted by atomic mass is 10.0. The maximum atomic E-state index is 10.1. The van der Waals surface area contributed by atoms with Crippen molar-refractivity contribution in [2.24, 2.45) is 10.2 Å². The molecular formula is C14H12N6O2. The molecule has 0 radical (unpaired) electrons. The highest BCUT2D eigenvalue weighted by molar-refractivity contribution is 5.67. The van der Waals surface area contributed by atoms with Crippen LogP contribution in [-0.4, -0.2) is 20.2 Å². The molecule has 1 aromatic heterocycles. The number of aromatic amines is 1. The minimum absolute atomic E-state index is 0.00420. The lowest BCUT2D eigenvalue weighted by Gasteiger charge is -2.11. The molecule has 0 aliphatic heterocycles. The summed E-state index contributed by atoms with van der Waals surface area (Å²) in [7, 11) is 0. The van der Waals surface area contributed by atoms with E-state index < -0.39 is 0 Å². The second-order valence-electron chi connectivity index (χ2n) is 4.63. The molecule has 110 valence electrons. The summed E-state index contributed by atoms with van der Waals surface area (Å²) in [5.74, 6) is -0.197. The smallest absolute Gasteiger partial charge is 0.249 e. The fraction of sp³-hybridized carbons (Fsp3) is 0.214. The van der Waals surface area contributed by atoms with Crippen LogP contribution in [0.15, 0.2) is 10.2 Å². The Kier molecular flexibility index (Phi) is 3.78. The van der Waals surface area contributed by atoms with Gasteiger partial charge in [-0.25, -0.2) is 0 Å². The molecule has 0 saturated heterocycles. The van der Waals surface area contributed by atoms with Gasteiger partial charge in [-0.3, -0.25) is 0 Å². The number of rotatable bonds is 2. The van der Waals surface area contributed by atoms with Gasteiger partial charge in [0.15, 0.2) is 11.4 Å². The van der Waals surface area contributed by atoms with E-state index >= 15 is 0 Å². The zero-order valence-electron chi connectivity index (χ0n) is 12.1. The van der Waals surface area contributed by atoms with Gasteiger partial charge >= 0.3 is 0 Å². The summed E-state index contributed by atoms with van der Waals surface area (Å²) >= 11 is 0. The van der Waals surface area contributed by atoms with Crippen molar-refractivity contribution in [2.75, 3.05) is 0 Å². The van der Waals surface area contributed by atoms with E-state index in [1.807, 2.05) is 0 Å². The molecule has 3 N–H and O–H groups in total. The van der Waals surface area contributed by atoms with E-state index in [2.05, 4.69) is 20.2 Å². The fourth-order valence-corrected chi connectivity index (χ4v) is 1.89. The van der Waals surface area contributed by atoms with Gasteiger partial charge in [-0.2, -0.15) is 15.5 Å². The molecule has 0 unspecified atom stereocenters. The van der Waals surface area contributed by atoms with Crippen molar-refractivity contribution >= 4 is 11.6 Å². The highest BCUT2D eigenvalue weighted by atomic mass is 16.3. The van der Waals surface area contributed by atoms with Crippen molar-refractivity contribution in [3.63, 3.8) is 0 Å². The molecule has 8 heteroatoms. The summed E-state index contributed by atoms with van der Waals surface area (Å²) in [6.45, 7) is 4.95. The van der Waals surface area contributed by atoms with Gasteiger partial charge in [-0.05, 0) is 31.9 Å². The van der Waals surface area contributed by atoms with Gasteiger partial charge in [-0.15, -0.1) is 10.2 Å². The van der Waals surface area contributed by atoms with Crippen LogP contribution in [0.5, 0.6) is 11.5 Å². The Bertz CT molecular complexity index is 806. The predicted octanol–water partition coefficient (Wildman–Crippen LogP) is 2.90. The molecule has 0 fully saturated rings. The first-order valence-corrected chi connectivity index (χ1v) is 6.24. The fourth-order valence-electron chi connectivity index (χ4n) is 1.89. The van der Waals surface area contributed by atoms with Gasteiger partial charge in [0.25, 0.3) is 0 Å². The first kappa shape index (κ1) is 15.0. The van der Waals surface area contributed by atoms with Gasteiger partial charge in [0.2, 0.25) is 5.95 Å². The molecule has 22 heavy (non-hydrogen) atoms. The molecule has 2 aromatic rings. The van der Waals surface area contributed by atoms with Crippen molar-refractivity contribution in [3.05, 3.63) is 28.1 Å². The minimum atomic E-state index is -0.183. The van der Waals surface area contributed by atoms with E-state index in [0.29, 0.717) is 16.7 Å². The van der Waals surface area contributed by atoms with Crippen molar-refractivity contribution in [1.82, 2.24) is 9.97 Å². The quantitative estimate of drug-likeness (QED) is 0.730. The number of aromatic hydroxyl groups is 2. The van der Waals surface area contributed by atoms with Gasteiger partial charge in [-0.1, -0.05) is 0 Å². The monoisotopic (exact) mass is 296 g/mol. The van der Waals surface area contributed by atoms with Crippen LogP contribution in [0.3, 0.4) is 0 Å². The molecule has 1 heterocycles. The molecule has 2 rings (SSSR count). The number of azo groups is 1. The third-order valence-corrected chi connectivity index (χ3v) is 3.36. The molecule has 0 aliphatic carbocycles. The van der Waals surface area contributed by atoms with Crippen LogP contribution in [0.1, 0.15) is 28.1 Å². The number of nitrogens with one attached hydrogen (secondary N) is 1. The number of aromatic nitrogens is 2. The van der Waals surface area contributed by atoms with E-state index in [9.17, 15) is 10.2 Å². The molecule has 0 saturated carbocycles. The van der Waals surface area contributed by atoms with Gasteiger partial charge < -0.3 is 15.2 Å². The predicted molar refractivity (Wildman–Crippen MR) is 76.2 cm³/mol. The number of nitrogens with zero attached hydrogens (tertiary/aromatic N) is 5. The number of H-pyrrole nitrogens is 1. The van der Waals surface area contributed by atoms with Crippen LogP contribution in [0, 0.1) is 43.4 Å². The van der Waals surface area contributed by atoms with Crippen LogP contribution in [-0.2, 0) is 0 Å². The second-order valence-corrected chi connectivity index (χ2v) is 4.63. The number of benzene rings is 1. The summed E-state index contributed by atoms with van der Waals surface area (Å²) in [6, 6.07) is 3.55. The lowest BCUT2D eigenvalue weighted by molar-refractivity contribution is 0.440. The molecule has 0 amide bonds. The summed E-state index contributed by atoms with van der Waals surface area (Å²) in [5.41, 5.74) is 1.56. The largest absolute Gasteiger partial charge is 0.507 e. The van der Waals surface area contributed by atoms with Gasteiger partial charge in [0.1, 0.15) is 29.3 Å². The molecule has 0 bridgehead atoms. The van der Waals surface area contributed by atoms with E-state index in [-0.39, 0.29) is 34.5 Å². The second kappa shape index (κ2) is 5.54. The Morgan fingerprint density at radius 2 is 1.64 bits per heavy atom.